The van der Waals surface area contributed by atoms with Crippen LogP contribution >= 0.6 is 0 Å². The average molecular weight is 327 g/mol. The predicted octanol–water partition coefficient (Wildman–Crippen LogP) is 2.11. The van der Waals surface area contributed by atoms with E-state index in [9.17, 15) is 4.79 Å². The number of nitrogens with zero attached hydrogens (tertiary/aromatic N) is 2. The first kappa shape index (κ1) is 16.1. The van der Waals surface area contributed by atoms with E-state index in [-0.39, 0.29) is 11.9 Å². The van der Waals surface area contributed by atoms with Gasteiger partial charge >= 0.3 is 0 Å². The average Bonchev–Trinajstić information content (AvgIpc) is 3.10. The second-order valence-electron chi connectivity index (χ2n) is 5.63. The van der Waals surface area contributed by atoms with Crippen molar-refractivity contribution in [3.05, 3.63) is 48.2 Å². The quantitative estimate of drug-likeness (QED) is 0.911. The van der Waals surface area contributed by atoms with Gasteiger partial charge in [0.2, 0.25) is 0 Å². The molecule has 0 aliphatic carbocycles. The number of methoxy groups -OCH3 is 2. The number of hydrogen-bond acceptors (Lipinski definition) is 5. The summed E-state index contributed by atoms with van der Waals surface area (Å²) in [5.41, 5.74) is 0.429. The summed E-state index contributed by atoms with van der Waals surface area (Å²) in [4.78, 5) is 19.2. The number of anilines is 1. The minimum absolute atomic E-state index is 0.0640. The zero-order valence-electron chi connectivity index (χ0n) is 13.9. The highest BCUT2D eigenvalue weighted by molar-refractivity contribution is 6.00. The van der Waals surface area contributed by atoms with Crippen molar-refractivity contribution in [3.63, 3.8) is 0 Å². The van der Waals surface area contributed by atoms with Gasteiger partial charge in [-0.2, -0.15) is 0 Å². The van der Waals surface area contributed by atoms with Crippen molar-refractivity contribution in [2.24, 2.45) is 0 Å². The van der Waals surface area contributed by atoms with Crippen LogP contribution in [0.3, 0.4) is 0 Å². The Balaban J connectivity index is 1.70. The van der Waals surface area contributed by atoms with Crippen molar-refractivity contribution in [2.45, 2.75) is 12.5 Å². The monoisotopic (exact) mass is 327 g/mol. The molecule has 1 aromatic carbocycles. The number of ether oxygens (including phenoxy) is 2. The van der Waals surface area contributed by atoms with E-state index in [2.05, 4.69) is 15.2 Å². The van der Waals surface area contributed by atoms with Crippen molar-refractivity contribution < 1.29 is 14.3 Å². The van der Waals surface area contributed by atoms with Gasteiger partial charge < -0.3 is 19.7 Å². The number of hydrogen-bond donors (Lipinski definition) is 1. The molecule has 24 heavy (non-hydrogen) atoms. The maximum absolute atomic E-state index is 12.7. The van der Waals surface area contributed by atoms with Gasteiger partial charge in [-0.05, 0) is 30.7 Å². The molecular weight excluding hydrogens is 306 g/mol. The molecule has 1 amide bonds. The van der Waals surface area contributed by atoms with E-state index in [1.807, 2.05) is 18.2 Å². The molecule has 2 aromatic rings. The van der Waals surface area contributed by atoms with E-state index in [1.165, 1.54) is 0 Å². The second kappa shape index (κ2) is 7.21. The first-order chi connectivity index (χ1) is 11.7. The fourth-order valence-electron chi connectivity index (χ4n) is 2.96. The lowest BCUT2D eigenvalue weighted by Crippen LogP contribution is -2.37. The molecule has 0 spiro atoms. The number of aromatic nitrogens is 1. The van der Waals surface area contributed by atoms with Gasteiger partial charge in [0.05, 0.1) is 14.2 Å². The minimum atomic E-state index is -0.183. The molecule has 2 heterocycles. The van der Waals surface area contributed by atoms with Crippen molar-refractivity contribution in [3.8, 4) is 11.5 Å². The number of benzene rings is 1. The molecule has 1 aliphatic rings. The number of pyridine rings is 1. The Kier molecular flexibility index (Phi) is 4.84. The lowest BCUT2D eigenvalue weighted by atomic mass is 10.1. The van der Waals surface area contributed by atoms with Crippen LogP contribution in [-0.4, -0.2) is 44.2 Å². The third-order valence-electron chi connectivity index (χ3n) is 4.15. The summed E-state index contributed by atoms with van der Waals surface area (Å²) in [7, 11) is 3.09. The summed E-state index contributed by atoms with van der Waals surface area (Å²) in [5, 5.41) is 3.08. The Morgan fingerprint density at radius 2 is 1.92 bits per heavy atom. The van der Waals surface area contributed by atoms with Crippen LogP contribution in [-0.2, 0) is 0 Å². The summed E-state index contributed by atoms with van der Waals surface area (Å²) in [6.45, 7) is 1.60. The summed E-state index contributed by atoms with van der Waals surface area (Å²) in [5.74, 6) is 1.76. The van der Waals surface area contributed by atoms with Gasteiger partial charge in [0.25, 0.3) is 5.91 Å². The minimum Gasteiger partial charge on any atom is -0.496 e. The van der Waals surface area contributed by atoms with Gasteiger partial charge in [-0.3, -0.25) is 4.79 Å². The number of rotatable bonds is 5. The van der Waals surface area contributed by atoms with Crippen LogP contribution in [0.25, 0.3) is 0 Å². The van der Waals surface area contributed by atoms with Crippen LogP contribution in [0.4, 0.5) is 5.82 Å². The zero-order chi connectivity index (χ0) is 16.9. The van der Waals surface area contributed by atoms with E-state index in [1.54, 1.807) is 38.6 Å². The van der Waals surface area contributed by atoms with Crippen LogP contribution in [0.15, 0.2) is 42.6 Å². The first-order valence-corrected chi connectivity index (χ1v) is 7.90. The summed E-state index contributed by atoms with van der Waals surface area (Å²) in [6, 6.07) is 11.2. The van der Waals surface area contributed by atoms with Gasteiger partial charge in [0.1, 0.15) is 22.9 Å². The van der Waals surface area contributed by atoms with Gasteiger partial charge in [-0.1, -0.05) is 12.1 Å². The highest BCUT2D eigenvalue weighted by atomic mass is 16.5. The van der Waals surface area contributed by atoms with E-state index in [0.29, 0.717) is 17.1 Å². The fourth-order valence-corrected chi connectivity index (χ4v) is 2.96. The molecule has 1 aromatic heterocycles. The van der Waals surface area contributed by atoms with Gasteiger partial charge in [0, 0.05) is 25.3 Å². The van der Waals surface area contributed by atoms with Crippen molar-refractivity contribution >= 4 is 11.7 Å². The Morgan fingerprint density at radius 1 is 1.17 bits per heavy atom. The first-order valence-electron chi connectivity index (χ1n) is 7.90. The third kappa shape index (κ3) is 3.27. The zero-order valence-corrected chi connectivity index (χ0v) is 13.9. The fraction of sp³-hybridized carbons (Fsp3) is 0.333. The molecule has 126 valence electrons. The highest BCUT2D eigenvalue weighted by Gasteiger charge is 2.27. The molecule has 1 N–H and O–H groups in total. The molecule has 1 fully saturated rings. The third-order valence-corrected chi connectivity index (χ3v) is 4.15. The van der Waals surface area contributed by atoms with E-state index in [4.69, 9.17) is 9.47 Å². The largest absolute Gasteiger partial charge is 0.496 e. The summed E-state index contributed by atoms with van der Waals surface area (Å²) in [6.07, 6.45) is 2.65. The van der Waals surface area contributed by atoms with Crippen LogP contribution in [0, 0.1) is 0 Å². The van der Waals surface area contributed by atoms with Crippen LogP contribution in [0.1, 0.15) is 16.8 Å². The standard InChI is InChI=1S/C18H21N3O3/c1-23-14-6-5-7-15(24-2)17(14)18(22)20-13-9-11-21(12-13)16-8-3-4-10-19-16/h3-8,10,13H,9,11-12H2,1-2H3,(H,20,22). The van der Waals surface area contributed by atoms with Gasteiger partial charge in [0.15, 0.2) is 0 Å². The molecule has 3 rings (SSSR count). The molecular formula is C18H21N3O3. The van der Waals surface area contributed by atoms with Crippen LogP contribution in [0.5, 0.6) is 11.5 Å². The van der Waals surface area contributed by atoms with Crippen molar-refractivity contribution in [1.82, 2.24) is 10.3 Å². The molecule has 0 bridgehead atoms. The predicted molar refractivity (Wildman–Crippen MR) is 91.9 cm³/mol. The van der Waals surface area contributed by atoms with E-state index in [0.717, 1.165) is 25.3 Å². The Hall–Kier alpha value is -2.76. The van der Waals surface area contributed by atoms with Gasteiger partial charge in [-0.25, -0.2) is 4.98 Å². The van der Waals surface area contributed by atoms with Crippen LogP contribution in [0.2, 0.25) is 0 Å². The molecule has 6 heteroatoms. The molecule has 1 aliphatic heterocycles. The molecule has 1 saturated heterocycles. The number of nitrogens with one attached hydrogen (secondary N) is 1. The normalized spacial score (nSPS) is 16.8. The molecule has 1 unspecified atom stereocenters. The second-order valence-corrected chi connectivity index (χ2v) is 5.63. The Morgan fingerprint density at radius 3 is 2.54 bits per heavy atom. The molecule has 0 saturated carbocycles. The van der Waals surface area contributed by atoms with E-state index < -0.39 is 0 Å². The number of carbonyl (C=O) groups is 1. The molecule has 1 atom stereocenters. The Labute approximate surface area is 141 Å². The maximum Gasteiger partial charge on any atom is 0.259 e. The topological polar surface area (TPSA) is 63.7 Å². The number of carbonyl (C=O) groups excluding carboxylic acids is 1. The SMILES string of the molecule is COc1cccc(OC)c1C(=O)NC1CCN(c2ccccn2)C1. The van der Waals surface area contributed by atoms with E-state index >= 15 is 0 Å². The lowest BCUT2D eigenvalue weighted by molar-refractivity contribution is 0.0934. The summed E-state index contributed by atoms with van der Waals surface area (Å²) < 4.78 is 10.6. The summed E-state index contributed by atoms with van der Waals surface area (Å²) >= 11 is 0. The highest BCUT2D eigenvalue weighted by Crippen LogP contribution is 2.28. The van der Waals surface area contributed by atoms with Crippen molar-refractivity contribution in [1.29, 1.82) is 0 Å². The molecule has 0 radical (unpaired) electrons. The van der Waals surface area contributed by atoms with Crippen molar-refractivity contribution in [2.75, 3.05) is 32.2 Å². The Bertz CT molecular complexity index is 684. The molecule has 6 nitrogen and oxygen atoms in total. The van der Waals surface area contributed by atoms with Crippen LogP contribution < -0.4 is 19.7 Å². The maximum atomic E-state index is 12.7. The smallest absolute Gasteiger partial charge is 0.259 e. The van der Waals surface area contributed by atoms with Gasteiger partial charge in [-0.15, -0.1) is 0 Å². The number of amides is 1. The lowest BCUT2D eigenvalue weighted by Gasteiger charge is -2.18.